The van der Waals surface area contributed by atoms with Crippen molar-refractivity contribution in [3.8, 4) is 5.75 Å². The molecule has 3 rings (SSSR count). The van der Waals surface area contributed by atoms with E-state index in [1.807, 2.05) is 30.0 Å². The summed E-state index contributed by atoms with van der Waals surface area (Å²) in [7, 11) is 0. The molecule has 0 aliphatic carbocycles. The first-order valence-corrected chi connectivity index (χ1v) is 11.5. The molecule has 0 bridgehead atoms. The zero-order valence-electron chi connectivity index (χ0n) is 18.9. The Bertz CT molecular complexity index is 721. The standard InChI is InChI=1S/C23H37N5O3/c1-3-22(29)28-10-9-20(18-28)26-23(24-4-2)25-17-19-7-5-6-8-21(19)31-16-13-27-11-14-30-15-12-27/h5-8,20H,3-4,9-18H2,1-2H3,(H2,24,25,26). The predicted molar refractivity (Wildman–Crippen MR) is 122 cm³/mol. The summed E-state index contributed by atoms with van der Waals surface area (Å²) in [6.45, 7) is 11.9. The Morgan fingerprint density at radius 2 is 2.03 bits per heavy atom. The number of nitrogens with one attached hydrogen (secondary N) is 2. The summed E-state index contributed by atoms with van der Waals surface area (Å²) in [5.41, 5.74) is 1.07. The lowest BCUT2D eigenvalue weighted by Crippen LogP contribution is -2.45. The third-order valence-corrected chi connectivity index (χ3v) is 5.68. The number of guanidine groups is 1. The summed E-state index contributed by atoms with van der Waals surface area (Å²) in [4.78, 5) is 21.0. The van der Waals surface area contributed by atoms with Gasteiger partial charge < -0.3 is 25.0 Å². The van der Waals surface area contributed by atoms with Crippen molar-refractivity contribution in [2.45, 2.75) is 39.3 Å². The molecule has 8 nitrogen and oxygen atoms in total. The average Bonchev–Trinajstić information content (AvgIpc) is 3.27. The van der Waals surface area contributed by atoms with E-state index in [2.05, 4.69) is 28.5 Å². The van der Waals surface area contributed by atoms with E-state index in [4.69, 9.17) is 14.5 Å². The van der Waals surface area contributed by atoms with E-state index in [1.54, 1.807) is 0 Å². The van der Waals surface area contributed by atoms with Crippen LogP contribution in [0.25, 0.3) is 0 Å². The highest BCUT2D eigenvalue weighted by Gasteiger charge is 2.25. The molecule has 2 aliphatic rings. The number of nitrogens with zero attached hydrogens (tertiary/aromatic N) is 3. The number of carbonyl (C=O) groups excluding carboxylic acids is 1. The quantitative estimate of drug-likeness (QED) is 0.455. The van der Waals surface area contributed by atoms with Gasteiger partial charge in [0.2, 0.25) is 5.91 Å². The second-order valence-electron chi connectivity index (χ2n) is 7.93. The maximum Gasteiger partial charge on any atom is 0.222 e. The molecule has 2 heterocycles. The van der Waals surface area contributed by atoms with Gasteiger partial charge in [-0.1, -0.05) is 25.1 Å². The van der Waals surface area contributed by atoms with Crippen molar-refractivity contribution >= 4 is 11.9 Å². The summed E-state index contributed by atoms with van der Waals surface area (Å²) in [6.07, 6.45) is 1.50. The van der Waals surface area contributed by atoms with E-state index < -0.39 is 0 Å². The van der Waals surface area contributed by atoms with E-state index in [0.29, 0.717) is 19.6 Å². The van der Waals surface area contributed by atoms with Crippen LogP contribution in [0.2, 0.25) is 0 Å². The van der Waals surface area contributed by atoms with Crippen LogP contribution in [-0.2, 0) is 16.1 Å². The van der Waals surface area contributed by atoms with Crippen molar-refractivity contribution < 1.29 is 14.3 Å². The molecule has 2 N–H and O–H groups in total. The third-order valence-electron chi connectivity index (χ3n) is 5.68. The monoisotopic (exact) mass is 431 g/mol. The minimum Gasteiger partial charge on any atom is -0.492 e. The molecule has 0 radical (unpaired) electrons. The van der Waals surface area contributed by atoms with Gasteiger partial charge in [0.25, 0.3) is 0 Å². The molecule has 2 saturated heterocycles. The fraction of sp³-hybridized carbons (Fsp3) is 0.652. The molecule has 0 saturated carbocycles. The molecule has 2 aliphatic heterocycles. The highest BCUT2D eigenvalue weighted by atomic mass is 16.5. The van der Waals surface area contributed by atoms with Crippen LogP contribution in [0.5, 0.6) is 5.75 Å². The Labute approximate surface area is 186 Å². The van der Waals surface area contributed by atoms with Crippen LogP contribution < -0.4 is 15.4 Å². The van der Waals surface area contributed by atoms with Gasteiger partial charge in [0.05, 0.1) is 19.8 Å². The molecule has 8 heteroatoms. The summed E-state index contributed by atoms with van der Waals surface area (Å²) in [5.74, 6) is 1.88. The maximum absolute atomic E-state index is 11.9. The normalized spacial score (nSPS) is 20.0. The molecule has 172 valence electrons. The number of para-hydroxylation sites is 1. The lowest BCUT2D eigenvalue weighted by atomic mass is 10.2. The van der Waals surface area contributed by atoms with Gasteiger partial charge in [0.15, 0.2) is 5.96 Å². The van der Waals surface area contributed by atoms with Gasteiger partial charge >= 0.3 is 0 Å². The topological polar surface area (TPSA) is 78.4 Å². The first-order chi connectivity index (χ1) is 15.2. The van der Waals surface area contributed by atoms with E-state index in [-0.39, 0.29) is 11.9 Å². The number of aliphatic imine (C=N–C) groups is 1. The summed E-state index contributed by atoms with van der Waals surface area (Å²) in [6, 6.07) is 8.32. The van der Waals surface area contributed by atoms with Gasteiger partial charge in [0.1, 0.15) is 12.4 Å². The predicted octanol–water partition coefficient (Wildman–Crippen LogP) is 1.46. The second kappa shape index (κ2) is 12.5. The Morgan fingerprint density at radius 3 is 2.81 bits per heavy atom. The van der Waals surface area contributed by atoms with Crippen molar-refractivity contribution in [2.24, 2.45) is 4.99 Å². The van der Waals surface area contributed by atoms with Crippen LogP contribution in [-0.4, -0.2) is 86.8 Å². The van der Waals surface area contributed by atoms with E-state index >= 15 is 0 Å². The number of likely N-dealkylation sites (tertiary alicyclic amines) is 1. The van der Waals surface area contributed by atoms with Gasteiger partial charge in [-0.3, -0.25) is 9.69 Å². The number of rotatable bonds is 9. The molecule has 31 heavy (non-hydrogen) atoms. The van der Waals surface area contributed by atoms with Crippen molar-refractivity contribution in [3.63, 3.8) is 0 Å². The van der Waals surface area contributed by atoms with Crippen LogP contribution in [0.1, 0.15) is 32.3 Å². The Kier molecular flexibility index (Phi) is 9.42. The lowest BCUT2D eigenvalue weighted by molar-refractivity contribution is -0.129. The molecule has 1 aromatic carbocycles. The van der Waals surface area contributed by atoms with Gasteiger partial charge in [-0.2, -0.15) is 0 Å². The van der Waals surface area contributed by atoms with Crippen LogP contribution in [0.4, 0.5) is 0 Å². The number of benzene rings is 1. The fourth-order valence-electron chi connectivity index (χ4n) is 3.89. The van der Waals surface area contributed by atoms with Gasteiger partial charge in [-0.15, -0.1) is 0 Å². The van der Waals surface area contributed by atoms with Gasteiger partial charge in [-0.05, 0) is 19.4 Å². The van der Waals surface area contributed by atoms with Crippen molar-refractivity contribution in [3.05, 3.63) is 29.8 Å². The summed E-state index contributed by atoms with van der Waals surface area (Å²) in [5, 5.41) is 6.81. The molecule has 0 aromatic heterocycles. The molecule has 1 amide bonds. The number of hydrogen-bond donors (Lipinski definition) is 2. The SMILES string of the molecule is CCNC(=NCc1ccccc1OCCN1CCOCC1)NC1CCN(C(=O)CC)C1. The first kappa shape index (κ1) is 23.3. The number of ether oxygens (including phenoxy) is 2. The fourth-order valence-corrected chi connectivity index (χ4v) is 3.89. The molecule has 1 aromatic rings. The summed E-state index contributed by atoms with van der Waals surface area (Å²) >= 11 is 0. The van der Waals surface area contributed by atoms with Gasteiger partial charge in [0, 0.05) is 57.3 Å². The van der Waals surface area contributed by atoms with Crippen LogP contribution in [0.15, 0.2) is 29.3 Å². The van der Waals surface area contributed by atoms with Crippen molar-refractivity contribution in [1.82, 2.24) is 20.4 Å². The molecule has 1 unspecified atom stereocenters. The largest absolute Gasteiger partial charge is 0.492 e. The maximum atomic E-state index is 11.9. The molecule has 1 atom stereocenters. The number of amides is 1. The van der Waals surface area contributed by atoms with Gasteiger partial charge in [-0.25, -0.2) is 4.99 Å². The second-order valence-corrected chi connectivity index (χ2v) is 7.93. The Morgan fingerprint density at radius 1 is 1.23 bits per heavy atom. The van der Waals surface area contributed by atoms with E-state index in [1.165, 1.54) is 0 Å². The number of carbonyl (C=O) groups is 1. The van der Waals surface area contributed by atoms with E-state index in [0.717, 1.165) is 76.2 Å². The highest BCUT2D eigenvalue weighted by molar-refractivity contribution is 5.80. The molecule has 0 spiro atoms. The zero-order chi connectivity index (χ0) is 21.9. The number of hydrogen-bond acceptors (Lipinski definition) is 5. The van der Waals surface area contributed by atoms with Crippen molar-refractivity contribution in [1.29, 1.82) is 0 Å². The molecular weight excluding hydrogens is 394 g/mol. The summed E-state index contributed by atoms with van der Waals surface area (Å²) < 4.78 is 11.5. The minimum atomic E-state index is 0.217. The third kappa shape index (κ3) is 7.40. The van der Waals surface area contributed by atoms with Crippen LogP contribution in [0.3, 0.4) is 0 Å². The molecular formula is C23H37N5O3. The zero-order valence-corrected chi connectivity index (χ0v) is 18.9. The Balaban J connectivity index is 1.53. The van der Waals surface area contributed by atoms with Crippen molar-refractivity contribution in [2.75, 3.05) is 59.1 Å². The number of morpholine rings is 1. The average molecular weight is 432 g/mol. The highest BCUT2D eigenvalue weighted by Crippen LogP contribution is 2.19. The minimum absolute atomic E-state index is 0.217. The van der Waals surface area contributed by atoms with E-state index in [9.17, 15) is 4.79 Å². The van der Waals surface area contributed by atoms with Crippen LogP contribution >= 0.6 is 0 Å². The molecule has 2 fully saturated rings. The lowest BCUT2D eigenvalue weighted by Gasteiger charge is -2.26. The smallest absolute Gasteiger partial charge is 0.222 e. The Hall–Kier alpha value is -2.32. The first-order valence-electron chi connectivity index (χ1n) is 11.5. The van der Waals surface area contributed by atoms with Crippen LogP contribution in [0, 0.1) is 0 Å².